The molecule has 0 spiro atoms. The third-order valence-electron chi connectivity index (χ3n) is 3.48. The molecule has 0 atom stereocenters. The van der Waals surface area contributed by atoms with E-state index in [2.05, 4.69) is 4.98 Å². The van der Waals surface area contributed by atoms with Crippen LogP contribution in [0.15, 0.2) is 48.7 Å². The Labute approximate surface area is 141 Å². The van der Waals surface area contributed by atoms with Crippen molar-refractivity contribution in [3.05, 3.63) is 59.9 Å². The number of alkyl halides is 3. The molecule has 0 aliphatic carbocycles. The van der Waals surface area contributed by atoms with Crippen molar-refractivity contribution in [2.75, 3.05) is 0 Å². The Morgan fingerprint density at radius 3 is 2.64 bits per heavy atom. The first-order valence-electron chi connectivity index (χ1n) is 7.25. The SMILES string of the molecule is NO/C(CCC(=O)O)=C(\Cn1ccnc1)c1cccc(C(F)(F)F)c1. The molecular formula is C16H16F3N3O3. The molecule has 25 heavy (non-hydrogen) atoms. The molecule has 0 amide bonds. The predicted octanol–water partition coefficient (Wildman–Crippen LogP) is 3.07. The number of carboxylic acid groups (broad SMARTS) is 1. The average molecular weight is 355 g/mol. The molecule has 1 heterocycles. The van der Waals surface area contributed by atoms with Gasteiger partial charge < -0.3 is 14.5 Å². The van der Waals surface area contributed by atoms with Gasteiger partial charge in [-0.2, -0.15) is 19.1 Å². The minimum Gasteiger partial charge on any atom is -0.481 e. The van der Waals surface area contributed by atoms with Crippen LogP contribution in [-0.2, 0) is 22.4 Å². The highest BCUT2D eigenvalue weighted by Gasteiger charge is 2.30. The van der Waals surface area contributed by atoms with Crippen LogP contribution < -0.4 is 5.90 Å². The summed E-state index contributed by atoms with van der Waals surface area (Å²) in [6.07, 6.45) is -0.187. The van der Waals surface area contributed by atoms with Crippen LogP contribution >= 0.6 is 0 Å². The highest BCUT2D eigenvalue weighted by Crippen LogP contribution is 2.32. The third kappa shape index (κ3) is 5.08. The summed E-state index contributed by atoms with van der Waals surface area (Å²) in [5, 5.41) is 8.83. The van der Waals surface area contributed by atoms with Gasteiger partial charge in [0.2, 0.25) is 0 Å². The van der Waals surface area contributed by atoms with Gasteiger partial charge in [0.25, 0.3) is 0 Å². The van der Waals surface area contributed by atoms with Gasteiger partial charge in [-0.15, -0.1) is 0 Å². The molecule has 3 N–H and O–H groups in total. The van der Waals surface area contributed by atoms with Gasteiger partial charge in [-0.3, -0.25) is 4.79 Å². The summed E-state index contributed by atoms with van der Waals surface area (Å²) in [6, 6.07) is 4.70. The first-order chi connectivity index (χ1) is 11.8. The zero-order valence-electron chi connectivity index (χ0n) is 13.0. The highest BCUT2D eigenvalue weighted by atomic mass is 19.4. The number of aromatic nitrogens is 2. The minimum atomic E-state index is -4.50. The van der Waals surface area contributed by atoms with E-state index in [4.69, 9.17) is 15.8 Å². The Morgan fingerprint density at radius 2 is 2.08 bits per heavy atom. The number of benzene rings is 1. The van der Waals surface area contributed by atoms with Crippen molar-refractivity contribution in [2.24, 2.45) is 5.90 Å². The number of nitrogens with two attached hydrogens (primary N) is 1. The van der Waals surface area contributed by atoms with Crippen LogP contribution in [0.25, 0.3) is 5.57 Å². The molecule has 0 bridgehead atoms. The Balaban J connectivity index is 2.48. The van der Waals surface area contributed by atoms with Crippen molar-refractivity contribution >= 4 is 11.5 Å². The molecule has 6 nitrogen and oxygen atoms in total. The van der Waals surface area contributed by atoms with Crippen LogP contribution in [0.5, 0.6) is 0 Å². The first-order valence-corrected chi connectivity index (χ1v) is 7.25. The summed E-state index contributed by atoms with van der Waals surface area (Å²) in [7, 11) is 0. The third-order valence-corrected chi connectivity index (χ3v) is 3.48. The summed E-state index contributed by atoms with van der Waals surface area (Å²) >= 11 is 0. The number of allylic oxidation sites excluding steroid dienone is 2. The number of rotatable bonds is 7. The summed E-state index contributed by atoms with van der Waals surface area (Å²) in [4.78, 5) is 19.5. The Bertz CT molecular complexity index is 755. The molecule has 1 aromatic carbocycles. The van der Waals surface area contributed by atoms with E-state index in [9.17, 15) is 18.0 Å². The number of nitrogens with zero attached hydrogens (tertiary/aromatic N) is 2. The summed E-state index contributed by atoms with van der Waals surface area (Å²) in [6.45, 7) is 0.132. The predicted molar refractivity (Wildman–Crippen MR) is 82.7 cm³/mol. The number of carboxylic acids is 1. The van der Waals surface area contributed by atoms with E-state index in [0.29, 0.717) is 5.57 Å². The Hall–Kier alpha value is -2.81. The fourth-order valence-electron chi connectivity index (χ4n) is 2.29. The molecule has 1 aromatic heterocycles. The lowest BCUT2D eigenvalue weighted by molar-refractivity contribution is -0.138. The molecule has 0 saturated heterocycles. The van der Waals surface area contributed by atoms with Gasteiger partial charge in [0, 0.05) is 24.4 Å². The van der Waals surface area contributed by atoms with Gasteiger partial charge in [0.1, 0.15) is 5.76 Å². The van der Waals surface area contributed by atoms with Crippen LogP contribution in [-0.4, -0.2) is 20.6 Å². The highest BCUT2D eigenvalue weighted by molar-refractivity contribution is 5.70. The zero-order chi connectivity index (χ0) is 18.4. The fourth-order valence-corrected chi connectivity index (χ4v) is 2.29. The number of halogens is 3. The minimum absolute atomic E-state index is 0.0495. The number of imidazole rings is 1. The molecule has 0 saturated carbocycles. The van der Waals surface area contributed by atoms with Crippen molar-refractivity contribution in [3.8, 4) is 0 Å². The zero-order valence-corrected chi connectivity index (χ0v) is 13.0. The van der Waals surface area contributed by atoms with Crippen molar-refractivity contribution < 1.29 is 27.9 Å². The summed E-state index contributed by atoms with van der Waals surface area (Å²) < 4.78 is 40.6. The van der Waals surface area contributed by atoms with Gasteiger partial charge in [-0.25, -0.2) is 4.98 Å². The molecule has 0 radical (unpaired) electrons. The lowest BCUT2D eigenvalue weighted by Gasteiger charge is -2.16. The van der Waals surface area contributed by atoms with Crippen molar-refractivity contribution in [3.63, 3.8) is 0 Å². The number of aliphatic carboxylic acids is 1. The topological polar surface area (TPSA) is 90.4 Å². The molecule has 0 aliphatic heterocycles. The van der Waals surface area contributed by atoms with Gasteiger partial charge in [0.15, 0.2) is 0 Å². The molecule has 0 unspecified atom stereocenters. The van der Waals surface area contributed by atoms with Crippen molar-refractivity contribution in [1.29, 1.82) is 0 Å². The maximum absolute atomic E-state index is 13.0. The van der Waals surface area contributed by atoms with E-state index in [1.165, 1.54) is 24.7 Å². The van der Waals surface area contributed by atoms with Crippen LogP contribution in [0.3, 0.4) is 0 Å². The van der Waals surface area contributed by atoms with E-state index < -0.39 is 17.7 Å². The second-order valence-electron chi connectivity index (χ2n) is 5.23. The smallest absolute Gasteiger partial charge is 0.416 e. The second-order valence-corrected chi connectivity index (χ2v) is 5.23. The standard InChI is InChI=1S/C16H16F3N3O3/c17-16(18,19)12-3-1-2-11(8-12)13(9-22-7-6-21-10-22)14(25-20)4-5-15(23)24/h1-3,6-8,10H,4-5,9,20H2,(H,23,24)/b14-13+. The summed E-state index contributed by atoms with van der Waals surface area (Å²) in [5.74, 6) is 4.29. The van der Waals surface area contributed by atoms with Crippen molar-refractivity contribution in [1.82, 2.24) is 9.55 Å². The number of carbonyl (C=O) groups is 1. The van der Waals surface area contributed by atoms with Crippen LogP contribution in [0.4, 0.5) is 13.2 Å². The fraction of sp³-hybridized carbons (Fsp3) is 0.250. The van der Waals surface area contributed by atoms with E-state index in [-0.39, 0.29) is 30.7 Å². The molecule has 0 fully saturated rings. The molecule has 134 valence electrons. The van der Waals surface area contributed by atoms with Gasteiger partial charge in [-0.05, 0) is 17.7 Å². The monoisotopic (exact) mass is 355 g/mol. The normalized spacial score (nSPS) is 12.6. The van der Waals surface area contributed by atoms with Crippen LogP contribution in [0, 0.1) is 0 Å². The quantitative estimate of drug-likeness (QED) is 0.588. The Kier molecular flexibility index (Phi) is 5.81. The van der Waals surface area contributed by atoms with E-state index in [1.54, 1.807) is 10.8 Å². The molecule has 0 aliphatic rings. The van der Waals surface area contributed by atoms with Gasteiger partial charge >= 0.3 is 12.1 Å². The van der Waals surface area contributed by atoms with E-state index in [1.807, 2.05) is 0 Å². The number of hydrogen-bond acceptors (Lipinski definition) is 4. The molecular weight excluding hydrogens is 339 g/mol. The maximum atomic E-state index is 13.0. The molecule has 2 rings (SSSR count). The maximum Gasteiger partial charge on any atom is 0.416 e. The lowest BCUT2D eigenvalue weighted by atomic mass is 10.00. The largest absolute Gasteiger partial charge is 0.481 e. The summed E-state index contributed by atoms with van der Waals surface area (Å²) in [5.41, 5.74) is -0.218. The lowest BCUT2D eigenvalue weighted by Crippen LogP contribution is -2.10. The van der Waals surface area contributed by atoms with E-state index in [0.717, 1.165) is 12.1 Å². The molecule has 2 aromatic rings. The Morgan fingerprint density at radius 1 is 1.32 bits per heavy atom. The second kappa shape index (κ2) is 7.84. The number of hydrogen-bond donors (Lipinski definition) is 2. The molecule has 9 heteroatoms. The van der Waals surface area contributed by atoms with E-state index >= 15 is 0 Å². The van der Waals surface area contributed by atoms with Crippen LogP contribution in [0.2, 0.25) is 0 Å². The average Bonchev–Trinajstić information content (AvgIpc) is 3.06. The first kappa shape index (κ1) is 18.5. The van der Waals surface area contributed by atoms with Crippen LogP contribution in [0.1, 0.15) is 24.0 Å². The van der Waals surface area contributed by atoms with Gasteiger partial charge in [0.05, 0.1) is 24.9 Å². The van der Waals surface area contributed by atoms with Gasteiger partial charge in [-0.1, -0.05) is 12.1 Å². The van der Waals surface area contributed by atoms with Crippen molar-refractivity contribution in [2.45, 2.75) is 25.6 Å².